The molecule has 1 aromatic rings. The van der Waals surface area contributed by atoms with Crippen LogP contribution < -0.4 is 0 Å². The van der Waals surface area contributed by atoms with E-state index in [1.807, 2.05) is 0 Å². The summed E-state index contributed by atoms with van der Waals surface area (Å²) in [6.07, 6.45) is 0.913. The molecule has 0 unspecified atom stereocenters. The van der Waals surface area contributed by atoms with Crippen LogP contribution in [0, 0.1) is 5.92 Å². The van der Waals surface area contributed by atoms with Gasteiger partial charge >= 0.3 is 5.97 Å². The van der Waals surface area contributed by atoms with Crippen LogP contribution in [0.15, 0.2) is 24.3 Å². The summed E-state index contributed by atoms with van der Waals surface area (Å²) in [4.78, 5) is 10.7. The topological polar surface area (TPSA) is 37.3 Å². The molecule has 0 heterocycles. The van der Waals surface area contributed by atoms with E-state index in [0.29, 0.717) is 5.92 Å². The van der Waals surface area contributed by atoms with Crippen LogP contribution in [0.5, 0.6) is 0 Å². The first kappa shape index (κ1) is 12.7. The van der Waals surface area contributed by atoms with Gasteiger partial charge in [0.15, 0.2) is 0 Å². The second kappa shape index (κ2) is 4.64. The van der Waals surface area contributed by atoms with E-state index in [0.717, 1.165) is 18.9 Å². The first-order chi connectivity index (χ1) is 7.34. The van der Waals surface area contributed by atoms with Gasteiger partial charge < -0.3 is 5.11 Å². The van der Waals surface area contributed by atoms with Gasteiger partial charge in [-0.25, -0.2) is 9.18 Å². The van der Waals surface area contributed by atoms with E-state index in [1.165, 1.54) is 0 Å². The highest BCUT2D eigenvalue weighted by molar-refractivity contribution is 5.78. The van der Waals surface area contributed by atoms with E-state index in [1.54, 1.807) is 24.3 Å². The number of hydrogen-bond donors (Lipinski definition) is 1. The Hall–Kier alpha value is -1.38. The number of benzene rings is 1. The molecule has 0 aliphatic carbocycles. The second-order valence-corrected chi connectivity index (χ2v) is 4.60. The summed E-state index contributed by atoms with van der Waals surface area (Å²) in [5, 5.41) is 8.73. The zero-order chi connectivity index (χ0) is 12.3. The van der Waals surface area contributed by atoms with E-state index in [-0.39, 0.29) is 5.56 Å². The number of carboxylic acid groups (broad SMARTS) is 1. The Kier molecular flexibility index (Phi) is 3.68. The van der Waals surface area contributed by atoms with Crippen LogP contribution in [0.25, 0.3) is 0 Å². The summed E-state index contributed by atoms with van der Waals surface area (Å²) in [7, 11) is 0. The fourth-order valence-electron chi connectivity index (χ4n) is 1.55. The number of aliphatic carboxylic acids is 1. The molecule has 0 bridgehead atoms. The monoisotopic (exact) mass is 224 g/mol. The van der Waals surface area contributed by atoms with Gasteiger partial charge in [-0.05, 0) is 24.8 Å². The number of alkyl halides is 1. The number of hydrogen-bond acceptors (Lipinski definition) is 1. The number of carbonyl (C=O) groups is 1. The summed E-state index contributed by atoms with van der Waals surface area (Å²) in [5.74, 6) is -0.925. The molecule has 3 heteroatoms. The van der Waals surface area contributed by atoms with Crippen LogP contribution >= 0.6 is 0 Å². The molecule has 1 atom stereocenters. The SMILES string of the molecule is CC(C)Cc1ccc([C@](C)(F)C(=O)O)cc1. The molecular formula is C13H17FO2. The van der Waals surface area contributed by atoms with Crippen molar-refractivity contribution in [3.05, 3.63) is 35.4 Å². The Bertz CT molecular complexity index is 366. The summed E-state index contributed by atoms with van der Waals surface area (Å²) in [5.41, 5.74) is -1.02. The molecule has 1 N–H and O–H groups in total. The van der Waals surface area contributed by atoms with E-state index >= 15 is 0 Å². The molecule has 0 radical (unpaired) electrons. The number of carboxylic acids is 1. The Morgan fingerprint density at radius 3 is 2.25 bits per heavy atom. The Morgan fingerprint density at radius 2 is 1.88 bits per heavy atom. The lowest BCUT2D eigenvalue weighted by molar-refractivity contribution is -0.150. The van der Waals surface area contributed by atoms with Crippen molar-refractivity contribution < 1.29 is 14.3 Å². The molecule has 0 aliphatic rings. The minimum Gasteiger partial charge on any atom is -0.479 e. The zero-order valence-corrected chi connectivity index (χ0v) is 9.83. The van der Waals surface area contributed by atoms with Crippen molar-refractivity contribution >= 4 is 5.97 Å². The largest absolute Gasteiger partial charge is 0.479 e. The van der Waals surface area contributed by atoms with Crippen molar-refractivity contribution in [3.8, 4) is 0 Å². The maximum Gasteiger partial charge on any atom is 0.345 e. The highest BCUT2D eigenvalue weighted by Gasteiger charge is 2.34. The third-order valence-electron chi connectivity index (χ3n) is 2.54. The zero-order valence-electron chi connectivity index (χ0n) is 9.83. The van der Waals surface area contributed by atoms with Gasteiger partial charge in [-0.15, -0.1) is 0 Å². The lowest BCUT2D eigenvalue weighted by Crippen LogP contribution is -2.26. The lowest BCUT2D eigenvalue weighted by Gasteiger charge is -2.16. The predicted octanol–water partition coefficient (Wildman–Crippen LogP) is 3.15. The van der Waals surface area contributed by atoms with Crippen molar-refractivity contribution in [3.63, 3.8) is 0 Å². The van der Waals surface area contributed by atoms with Crippen LogP contribution in [0.4, 0.5) is 4.39 Å². The molecule has 1 rings (SSSR count). The minimum atomic E-state index is -2.31. The van der Waals surface area contributed by atoms with Gasteiger partial charge in [-0.3, -0.25) is 0 Å². The molecule has 0 aromatic heterocycles. The maximum absolute atomic E-state index is 13.7. The molecule has 0 saturated carbocycles. The van der Waals surface area contributed by atoms with Crippen molar-refractivity contribution in [2.24, 2.45) is 5.92 Å². The standard InChI is InChI=1S/C13H17FO2/c1-9(2)8-10-4-6-11(7-5-10)13(3,14)12(15)16/h4-7,9H,8H2,1-3H3,(H,15,16)/t13-/m0/s1. The van der Waals surface area contributed by atoms with Crippen molar-refractivity contribution in [1.29, 1.82) is 0 Å². The summed E-state index contributed by atoms with van der Waals surface area (Å²) in [6, 6.07) is 6.67. The highest BCUT2D eigenvalue weighted by atomic mass is 19.1. The maximum atomic E-state index is 13.7. The lowest BCUT2D eigenvalue weighted by atomic mass is 9.95. The summed E-state index contributed by atoms with van der Waals surface area (Å²) in [6.45, 7) is 5.27. The number of halogens is 1. The van der Waals surface area contributed by atoms with Crippen LogP contribution in [0.3, 0.4) is 0 Å². The molecule has 0 aliphatic heterocycles. The van der Waals surface area contributed by atoms with Gasteiger partial charge in [-0.1, -0.05) is 38.1 Å². The first-order valence-corrected chi connectivity index (χ1v) is 5.35. The Labute approximate surface area is 95.1 Å². The van der Waals surface area contributed by atoms with Crippen molar-refractivity contribution in [2.45, 2.75) is 32.9 Å². The van der Waals surface area contributed by atoms with Crippen molar-refractivity contribution in [2.75, 3.05) is 0 Å². The van der Waals surface area contributed by atoms with Gasteiger partial charge in [0.05, 0.1) is 0 Å². The average Bonchev–Trinajstić information content (AvgIpc) is 2.17. The van der Waals surface area contributed by atoms with E-state index in [9.17, 15) is 9.18 Å². The number of rotatable bonds is 4. The van der Waals surface area contributed by atoms with Gasteiger partial charge in [0.25, 0.3) is 0 Å². The molecule has 0 saturated heterocycles. The normalized spacial score (nSPS) is 14.8. The molecule has 0 spiro atoms. The van der Waals surface area contributed by atoms with Crippen LogP contribution in [-0.4, -0.2) is 11.1 Å². The minimum absolute atomic E-state index is 0.188. The highest BCUT2D eigenvalue weighted by Crippen LogP contribution is 2.26. The van der Waals surface area contributed by atoms with E-state index < -0.39 is 11.6 Å². The summed E-state index contributed by atoms with van der Waals surface area (Å²) >= 11 is 0. The van der Waals surface area contributed by atoms with Crippen LogP contribution in [-0.2, 0) is 16.9 Å². The first-order valence-electron chi connectivity index (χ1n) is 5.35. The molecule has 0 amide bonds. The Balaban J connectivity index is 2.91. The average molecular weight is 224 g/mol. The predicted molar refractivity (Wildman–Crippen MR) is 61.1 cm³/mol. The summed E-state index contributed by atoms with van der Waals surface area (Å²) < 4.78 is 13.7. The van der Waals surface area contributed by atoms with Crippen LogP contribution in [0.1, 0.15) is 31.9 Å². The van der Waals surface area contributed by atoms with Gasteiger partial charge in [0.1, 0.15) is 0 Å². The Morgan fingerprint density at radius 1 is 1.38 bits per heavy atom. The quantitative estimate of drug-likeness (QED) is 0.853. The fourth-order valence-corrected chi connectivity index (χ4v) is 1.55. The molecule has 2 nitrogen and oxygen atoms in total. The van der Waals surface area contributed by atoms with E-state index in [2.05, 4.69) is 13.8 Å². The molecule has 0 fully saturated rings. The molecular weight excluding hydrogens is 207 g/mol. The third kappa shape index (κ3) is 2.81. The molecule has 88 valence electrons. The van der Waals surface area contributed by atoms with Gasteiger partial charge in [0.2, 0.25) is 5.67 Å². The van der Waals surface area contributed by atoms with Crippen molar-refractivity contribution in [1.82, 2.24) is 0 Å². The van der Waals surface area contributed by atoms with Crippen LogP contribution in [0.2, 0.25) is 0 Å². The second-order valence-electron chi connectivity index (χ2n) is 4.60. The van der Waals surface area contributed by atoms with Gasteiger partial charge in [-0.2, -0.15) is 0 Å². The third-order valence-corrected chi connectivity index (χ3v) is 2.54. The molecule has 1 aromatic carbocycles. The fraction of sp³-hybridized carbons (Fsp3) is 0.462. The van der Waals surface area contributed by atoms with Gasteiger partial charge in [0, 0.05) is 5.56 Å². The molecule has 16 heavy (non-hydrogen) atoms. The smallest absolute Gasteiger partial charge is 0.345 e. The van der Waals surface area contributed by atoms with E-state index in [4.69, 9.17) is 5.11 Å².